The zero-order valence-corrected chi connectivity index (χ0v) is 22.8. The fourth-order valence-electron chi connectivity index (χ4n) is 3.00. The van der Waals surface area contributed by atoms with Crippen LogP contribution in [0.15, 0.2) is 35.2 Å². The predicted molar refractivity (Wildman–Crippen MR) is 120 cm³/mol. The summed E-state index contributed by atoms with van der Waals surface area (Å²) in [6.45, 7) is -0.811. The van der Waals surface area contributed by atoms with Crippen LogP contribution in [0.3, 0.4) is 0 Å². The summed E-state index contributed by atoms with van der Waals surface area (Å²) in [5, 5.41) is -5.52. The van der Waals surface area contributed by atoms with Crippen molar-refractivity contribution >= 4 is 32.4 Å². The molecular formula is C20H13F17N4O2S2. The summed E-state index contributed by atoms with van der Waals surface area (Å²) >= 11 is 1.57. The summed E-state index contributed by atoms with van der Waals surface area (Å²) in [6, 6.07) is 7.97. The number of thiazole rings is 1. The number of alkyl halides is 17. The molecule has 0 unspecified atom stereocenters. The number of sulfonamides is 1. The third-order valence-corrected chi connectivity index (χ3v) is 7.62. The Kier molecular flexibility index (Phi) is 9.92. The molecule has 3 aromatic rings. The molecule has 1 aromatic carbocycles. The minimum Gasteiger partial charge on any atom is -0.337 e. The van der Waals surface area contributed by atoms with Crippen LogP contribution in [-0.4, -0.2) is 76.9 Å². The highest BCUT2D eigenvalue weighted by molar-refractivity contribution is 7.90. The number of nitrogens with one attached hydrogen (secondary N) is 2. The summed E-state index contributed by atoms with van der Waals surface area (Å²) in [4.78, 5) is 11.9. The molecule has 0 aliphatic rings. The van der Waals surface area contributed by atoms with Crippen molar-refractivity contribution in [2.45, 2.75) is 53.9 Å². The largest absolute Gasteiger partial charge is 0.460 e. The molecular weight excluding hydrogens is 715 g/mol. The minimum atomic E-state index is -8.81. The second-order valence-corrected chi connectivity index (χ2v) is 11.0. The van der Waals surface area contributed by atoms with E-state index in [1.165, 1.54) is 0 Å². The Labute approximate surface area is 242 Å². The highest BCUT2D eigenvalue weighted by Crippen LogP contribution is 2.64. The van der Waals surface area contributed by atoms with Gasteiger partial charge in [0.25, 0.3) is 10.0 Å². The smallest absolute Gasteiger partial charge is 0.337 e. The van der Waals surface area contributed by atoms with E-state index in [0.29, 0.717) is 11.6 Å². The average Bonchev–Trinajstić information content (AvgIpc) is 3.57. The van der Waals surface area contributed by atoms with Gasteiger partial charge >= 0.3 is 47.0 Å². The van der Waals surface area contributed by atoms with Crippen LogP contribution in [0, 0.1) is 0 Å². The van der Waals surface area contributed by atoms with Gasteiger partial charge in [-0.15, -0.1) is 11.3 Å². The quantitative estimate of drug-likeness (QED) is 0.211. The second-order valence-electron chi connectivity index (χ2n) is 8.44. The van der Waals surface area contributed by atoms with Gasteiger partial charge in [0.2, 0.25) is 0 Å². The van der Waals surface area contributed by atoms with Crippen molar-refractivity contribution in [3.8, 4) is 11.5 Å². The fourth-order valence-corrected chi connectivity index (χ4v) is 4.57. The number of fused-ring (bicyclic) bond motifs is 1. The van der Waals surface area contributed by atoms with Crippen LogP contribution < -0.4 is 4.72 Å². The van der Waals surface area contributed by atoms with Crippen LogP contribution >= 0.6 is 11.3 Å². The van der Waals surface area contributed by atoms with Gasteiger partial charge in [0.15, 0.2) is 5.82 Å². The van der Waals surface area contributed by atoms with Crippen molar-refractivity contribution < 1.29 is 83.1 Å². The number of rotatable bonds is 10. The Morgan fingerprint density at radius 2 is 1.20 bits per heavy atom. The molecule has 0 radical (unpaired) electrons. The molecule has 0 aliphatic heterocycles. The van der Waals surface area contributed by atoms with Crippen LogP contribution in [0.4, 0.5) is 74.6 Å². The average molecular weight is 728 g/mol. The lowest BCUT2D eigenvalue weighted by Crippen LogP contribution is -2.75. The molecule has 256 valence electrons. The number of imidazole rings is 1. The molecule has 0 spiro atoms. The Balaban J connectivity index is 0.000000408. The van der Waals surface area contributed by atoms with Crippen molar-refractivity contribution in [3.05, 3.63) is 35.2 Å². The maximum absolute atomic E-state index is 13.4. The molecule has 0 aliphatic carbocycles. The van der Waals surface area contributed by atoms with Crippen molar-refractivity contribution in [2.75, 3.05) is 6.54 Å². The van der Waals surface area contributed by atoms with Gasteiger partial charge < -0.3 is 4.98 Å². The van der Waals surface area contributed by atoms with E-state index in [9.17, 15) is 83.1 Å². The zero-order chi connectivity index (χ0) is 35.3. The molecule has 3 rings (SSSR count). The first-order chi connectivity index (χ1) is 20.0. The van der Waals surface area contributed by atoms with Gasteiger partial charge in [-0.1, -0.05) is 19.1 Å². The van der Waals surface area contributed by atoms with Crippen molar-refractivity contribution in [1.82, 2.24) is 19.7 Å². The molecule has 0 saturated carbocycles. The second kappa shape index (κ2) is 11.7. The van der Waals surface area contributed by atoms with E-state index in [0.717, 1.165) is 22.6 Å². The van der Waals surface area contributed by atoms with E-state index in [2.05, 4.69) is 15.0 Å². The molecule has 25 heteroatoms. The Morgan fingerprint density at radius 1 is 0.733 bits per heavy atom. The monoisotopic (exact) mass is 728 g/mol. The number of hydrogen-bond donors (Lipinski definition) is 2. The van der Waals surface area contributed by atoms with Gasteiger partial charge in [-0.2, -0.15) is 74.6 Å². The van der Waals surface area contributed by atoms with Gasteiger partial charge in [0.05, 0.1) is 16.5 Å². The molecule has 45 heavy (non-hydrogen) atoms. The highest BCUT2D eigenvalue weighted by atomic mass is 32.2. The maximum atomic E-state index is 13.4. The third-order valence-electron chi connectivity index (χ3n) is 5.43. The number of aromatic amines is 1. The number of aromatic nitrogens is 3. The summed E-state index contributed by atoms with van der Waals surface area (Å²) < 4.78 is 242. The fraction of sp³-hybridized carbons (Fsp3) is 0.500. The SMILES string of the molecule is CCNS(=O)(=O)C(F)(F)C(F)(F)C(F)(F)C(F)(F)C(F)(F)C(F)(F)C(F)(F)C(F)(F)F.c1ccc2[nH]c(-c3cscn3)nc2c1. The highest BCUT2D eigenvalue weighted by Gasteiger charge is 2.96. The number of halogens is 17. The maximum Gasteiger partial charge on any atom is 0.460 e. The lowest BCUT2D eigenvalue weighted by molar-refractivity contribution is -0.458. The van der Waals surface area contributed by atoms with Crippen LogP contribution in [0.5, 0.6) is 0 Å². The predicted octanol–water partition coefficient (Wildman–Crippen LogP) is 7.58. The van der Waals surface area contributed by atoms with E-state index < -0.39 is 63.5 Å². The Hall–Kier alpha value is -2.96. The standard InChI is InChI=1S/C10H6F17NO2S.C10H7N3S/c1-2-28-31(29,30)10(26,27)8(21,22)6(17,18)4(13,14)3(11,12)5(15,16)7(19,20)9(23,24)25;1-2-4-8-7(3-1)12-10(13-8)9-5-14-6-11-9/h28H,2H2,1H3;1-6H,(H,12,13). The number of hydrogen-bond acceptors (Lipinski definition) is 5. The van der Waals surface area contributed by atoms with Gasteiger partial charge in [-0.05, 0) is 12.1 Å². The number of para-hydroxylation sites is 2. The topological polar surface area (TPSA) is 87.7 Å². The summed E-state index contributed by atoms with van der Waals surface area (Å²) in [5.41, 5.74) is 4.75. The van der Waals surface area contributed by atoms with Gasteiger partial charge in [-0.25, -0.2) is 23.1 Å². The number of benzene rings is 1. The molecule has 0 fully saturated rings. The van der Waals surface area contributed by atoms with Crippen LogP contribution in [0.25, 0.3) is 22.6 Å². The Morgan fingerprint density at radius 3 is 1.62 bits per heavy atom. The first kappa shape index (κ1) is 38.2. The van der Waals surface area contributed by atoms with Crippen LogP contribution in [0.1, 0.15) is 6.92 Å². The van der Waals surface area contributed by atoms with Crippen molar-refractivity contribution in [2.24, 2.45) is 0 Å². The van der Waals surface area contributed by atoms with E-state index >= 15 is 0 Å². The van der Waals surface area contributed by atoms with Gasteiger partial charge in [0, 0.05) is 11.9 Å². The molecule has 0 atom stereocenters. The van der Waals surface area contributed by atoms with Crippen LogP contribution in [-0.2, 0) is 10.0 Å². The Bertz CT molecular complexity index is 1540. The summed E-state index contributed by atoms with van der Waals surface area (Å²) in [6.07, 6.45) is -7.86. The summed E-state index contributed by atoms with van der Waals surface area (Å²) in [5.74, 6) is -50.6. The molecule has 2 N–H and O–H groups in total. The van der Waals surface area contributed by atoms with Gasteiger partial charge in [0.1, 0.15) is 5.69 Å². The lowest BCUT2D eigenvalue weighted by atomic mass is 9.91. The molecule has 2 aromatic heterocycles. The minimum absolute atomic E-state index is 0.365. The van der Waals surface area contributed by atoms with Crippen molar-refractivity contribution in [3.63, 3.8) is 0 Å². The zero-order valence-electron chi connectivity index (χ0n) is 21.1. The molecule has 0 bridgehead atoms. The number of H-pyrrole nitrogens is 1. The van der Waals surface area contributed by atoms with E-state index in [1.54, 1.807) is 11.3 Å². The summed E-state index contributed by atoms with van der Waals surface area (Å²) in [7, 11) is -7.15. The van der Waals surface area contributed by atoms with E-state index in [4.69, 9.17) is 0 Å². The van der Waals surface area contributed by atoms with Crippen LogP contribution in [0.2, 0.25) is 0 Å². The molecule has 2 heterocycles. The first-order valence-electron chi connectivity index (χ1n) is 11.0. The molecule has 0 amide bonds. The lowest BCUT2D eigenvalue weighted by Gasteiger charge is -2.42. The normalized spacial score (nSPS) is 14.8. The van der Waals surface area contributed by atoms with E-state index in [-0.39, 0.29) is 0 Å². The third kappa shape index (κ3) is 5.89. The van der Waals surface area contributed by atoms with E-state index in [1.807, 2.05) is 35.2 Å². The number of nitrogens with zero attached hydrogens (tertiary/aromatic N) is 2. The van der Waals surface area contributed by atoms with Crippen molar-refractivity contribution in [1.29, 1.82) is 0 Å². The molecule has 6 nitrogen and oxygen atoms in total. The molecule has 0 saturated heterocycles. The first-order valence-corrected chi connectivity index (χ1v) is 13.5. The van der Waals surface area contributed by atoms with Gasteiger partial charge in [-0.3, -0.25) is 0 Å².